The Kier molecular flexibility index (Phi) is 6.25. The predicted octanol–water partition coefficient (Wildman–Crippen LogP) is 3.32. The number of halogens is 2. The SMILES string of the molecule is SCCOCCOc1ccc(Cl)cc1Cl. The highest BCUT2D eigenvalue weighted by Gasteiger charge is 2.01. The maximum atomic E-state index is 5.91. The van der Waals surface area contributed by atoms with Gasteiger partial charge in [0.15, 0.2) is 0 Å². The second kappa shape index (κ2) is 7.23. The molecule has 0 aliphatic carbocycles. The van der Waals surface area contributed by atoms with Gasteiger partial charge in [0.25, 0.3) is 0 Å². The van der Waals surface area contributed by atoms with E-state index in [1.54, 1.807) is 18.2 Å². The number of thiol groups is 1. The molecule has 84 valence electrons. The molecule has 0 heterocycles. The molecule has 2 nitrogen and oxygen atoms in total. The van der Waals surface area contributed by atoms with E-state index in [4.69, 9.17) is 32.7 Å². The van der Waals surface area contributed by atoms with Gasteiger partial charge in [-0.1, -0.05) is 23.2 Å². The summed E-state index contributed by atoms with van der Waals surface area (Å²) in [5.74, 6) is 1.33. The first-order valence-electron chi connectivity index (χ1n) is 4.50. The molecular formula is C10H12Cl2O2S. The number of ether oxygens (including phenoxy) is 2. The number of hydrogen-bond donors (Lipinski definition) is 1. The zero-order valence-corrected chi connectivity index (χ0v) is 10.5. The fourth-order valence-corrected chi connectivity index (χ4v) is 1.56. The zero-order chi connectivity index (χ0) is 11.1. The molecule has 0 spiro atoms. The average Bonchev–Trinajstić information content (AvgIpc) is 2.20. The lowest BCUT2D eigenvalue weighted by Gasteiger charge is -2.08. The van der Waals surface area contributed by atoms with E-state index in [9.17, 15) is 0 Å². The van der Waals surface area contributed by atoms with Gasteiger partial charge in [-0.2, -0.15) is 12.6 Å². The first-order chi connectivity index (χ1) is 7.24. The maximum Gasteiger partial charge on any atom is 0.138 e. The van der Waals surface area contributed by atoms with Crippen molar-refractivity contribution in [1.29, 1.82) is 0 Å². The summed E-state index contributed by atoms with van der Waals surface area (Å²) in [7, 11) is 0. The van der Waals surface area contributed by atoms with Crippen molar-refractivity contribution in [1.82, 2.24) is 0 Å². The van der Waals surface area contributed by atoms with Crippen molar-refractivity contribution in [2.24, 2.45) is 0 Å². The Balaban J connectivity index is 2.31. The maximum absolute atomic E-state index is 5.91. The van der Waals surface area contributed by atoms with Crippen molar-refractivity contribution in [2.45, 2.75) is 0 Å². The third kappa shape index (κ3) is 4.98. The van der Waals surface area contributed by atoms with Crippen LogP contribution in [0.5, 0.6) is 5.75 Å². The number of benzene rings is 1. The van der Waals surface area contributed by atoms with E-state index >= 15 is 0 Å². The minimum absolute atomic E-state index is 0.467. The van der Waals surface area contributed by atoms with Crippen LogP contribution in [0, 0.1) is 0 Å². The molecule has 0 unspecified atom stereocenters. The third-order valence-electron chi connectivity index (χ3n) is 1.61. The highest BCUT2D eigenvalue weighted by Crippen LogP contribution is 2.27. The summed E-state index contributed by atoms with van der Waals surface area (Å²) < 4.78 is 10.6. The van der Waals surface area contributed by atoms with E-state index in [2.05, 4.69) is 12.6 Å². The van der Waals surface area contributed by atoms with Crippen molar-refractivity contribution in [2.75, 3.05) is 25.6 Å². The molecule has 0 bridgehead atoms. The van der Waals surface area contributed by atoms with Crippen molar-refractivity contribution in [3.8, 4) is 5.75 Å². The van der Waals surface area contributed by atoms with Crippen molar-refractivity contribution < 1.29 is 9.47 Å². The fourth-order valence-electron chi connectivity index (χ4n) is 0.969. The number of rotatable bonds is 6. The molecule has 0 saturated carbocycles. The van der Waals surface area contributed by atoms with E-state index in [0.717, 1.165) is 0 Å². The molecule has 0 fully saturated rings. The van der Waals surface area contributed by atoms with Crippen molar-refractivity contribution >= 4 is 35.8 Å². The van der Waals surface area contributed by atoms with Crippen LogP contribution in [0.4, 0.5) is 0 Å². The molecule has 0 aromatic heterocycles. The second-order valence-corrected chi connectivity index (χ2v) is 4.05. The quantitative estimate of drug-likeness (QED) is 0.629. The molecule has 0 aliphatic heterocycles. The van der Waals surface area contributed by atoms with Crippen LogP contribution < -0.4 is 4.74 Å². The molecule has 0 aliphatic rings. The van der Waals surface area contributed by atoms with Crippen molar-refractivity contribution in [3.63, 3.8) is 0 Å². The summed E-state index contributed by atoms with van der Waals surface area (Å²) in [6, 6.07) is 5.12. The van der Waals surface area contributed by atoms with E-state index in [-0.39, 0.29) is 0 Å². The van der Waals surface area contributed by atoms with Gasteiger partial charge in [0.1, 0.15) is 12.4 Å². The van der Waals surface area contributed by atoms with Gasteiger partial charge in [-0.3, -0.25) is 0 Å². The monoisotopic (exact) mass is 266 g/mol. The number of hydrogen-bond acceptors (Lipinski definition) is 3. The molecule has 0 amide bonds. The minimum atomic E-state index is 0.467. The Hall–Kier alpha value is -0.0900. The molecule has 0 atom stereocenters. The molecular weight excluding hydrogens is 255 g/mol. The fraction of sp³-hybridized carbons (Fsp3) is 0.400. The molecule has 15 heavy (non-hydrogen) atoms. The van der Waals surface area contributed by atoms with Crippen LogP contribution in [0.3, 0.4) is 0 Å². The summed E-state index contributed by atoms with van der Waals surface area (Å²) >= 11 is 15.7. The molecule has 1 aromatic rings. The normalized spacial score (nSPS) is 10.3. The molecule has 1 rings (SSSR count). The van der Waals surface area contributed by atoms with Crippen LogP contribution in [0.25, 0.3) is 0 Å². The molecule has 0 N–H and O–H groups in total. The van der Waals surface area contributed by atoms with E-state index in [1.165, 1.54) is 0 Å². The van der Waals surface area contributed by atoms with Crippen LogP contribution in [-0.2, 0) is 4.74 Å². The van der Waals surface area contributed by atoms with Gasteiger partial charge >= 0.3 is 0 Å². The Bertz CT molecular complexity index is 307. The molecule has 0 saturated heterocycles. The van der Waals surface area contributed by atoms with Gasteiger partial charge in [0, 0.05) is 10.8 Å². The molecule has 0 radical (unpaired) electrons. The largest absolute Gasteiger partial charge is 0.490 e. The minimum Gasteiger partial charge on any atom is -0.490 e. The van der Waals surface area contributed by atoms with E-state index < -0.39 is 0 Å². The van der Waals surface area contributed by atoms with E-state index in [1.807, 2.05) is 0 Å². The Labute approximate surface area is 105 Å². The smallest absolute Gasteiger partial charge is 0.138 e. The summed E-state index contributed by atoms with van der Waals surface area (Å²) in [6.45, 7) is 1.62. The summed E-state index contributed by atoms with van der Waals surface area (Å²) in [4.78, 5) is 0. The average molecular weight is 267 g/mol. The van der Waals surface area contributed by atoms with Gasteiger partial charge in [-0.05, 0) is 18.2 Å². The topological polar surface area (TPSA) is 18.5 Å². The lowest BCUT2D eigenvalue weighted by Crippen LogP contribution is -2.08. The lowest BCUT2D eigenvalue weighted by molar-refractivity contribution is 0.112. The Morgan fingerprint density at radius 3 is 2.60 bits per heavy atom. The van der Waals surface area contributed by atoms with Crippen LogP contribution in [0.15, 0.2) is 18.2 Å². The van der Waals surface area contributed by atoms with Crippen molar-refractivity contribution in [3.05, 3.63) is 28.2 Å². The summed E-state index contributed by atoms with van der Waals surface area (Å²) in [5.41, 5.74) is 0. The van der Waals surface area contributed by atoms with Crippen LogP contribution in [0.2, 0.25) is 10.0 Å². The molecule has 1 aromatic carbocycles. The summed E-state index contributed by atoms with van der Waals surface area (Å²) in [5, 5.41) is 1.11. The summed E-state index contributed by atoms with van der Waals surface area (Å²) in [6.07, 6.45) is 0. The van der Waals surface area contributed by atoms with Crippen LogP contribution in [0.1, 0.15) is 0 Å². The third-order valence-corrected chi connectivity index (χ3v) is 2.33. The predicted molar refractivity (Wildman–Crippen MR) is 66.6 cm³/mol. The second-order valence-electron chi connectivity index (χ2n) is 2.76. The van der Waals surface area contributed by atoms with Gasteiger partial charge in [-0.15, -0.1) is 0 Å². The highest BCUT2D eigenvalue weighted by molar-refractivity contribution is 7.80. The molecule has 5 heteroatoms. The van der Waals surface area contributed by atoms with Gasteiger partial charge < -0.3 is 9.47 Å². The first kappa shape index (κ1) is 13.0. The zero-order valence-electron chi connectivity index (χ0n) is 8.08. The Morgan fingerprint density at radius 2 is 1.93 bits per heavy atom. The van der Waals surface area contributed by atoms with Gasteiger partial charge in [-0.25, -0.2) is 0 Å². The van der Waals surface area contributed by atoms with E-state index in [0.29, 0.717) is 41.4 Å². The first-order valence-corrected chi connectivity index (χ1v) is 5.89. The van der Waals surface area contributed by atoms with Crippen LogP contribution >= 0.6 is 35.8 Å². The van der Waals surface area contributed by atoms with Crippen LogP contribution in [-0.4, -0.2) is 25.6 Å². The highest BCUT2D eigenvalue weighted by atomic mass is 35.5. The lowest BCUT2D eigenvalue weighted by atomic mass is 10.3. The Morgan fingerprint density at radius 1 is 1.13 bits per heavy atom. The standard InChI is InChI=1S/C10H12Cl2O2S/c11-8-1-2-10(9(12)7-8)14-4-3-13-5-6-15/h1-2,7,15H,3-6H2. The van der Waals surface area contributed by atoms with Gasteiger partial charge in [0.05, 0.1) is 18.2 Å². The van der Waals surface area contributed by atoms with Gasteiger partial charge in [0.2, 0.25) is 0 Å².